The van der Waals surface area contributed by atoms with Crippen molar-refractivity contribution in [2.75, 3.05) is 26.2 Å². The average molecular weight is 236 g/mol. The van der Waals surface area contributed by atoms with Gasteiger partial charge in [0, 0.05) is 12.3 Å². The fourth-order valence-corrected chi connectivity index (χ4v) is 3.01. The SMILES string of the molecule is C1CCCN2CCCCCC(=NCCC2)CC1. The molecular formula is C15H28N2. The Bertz CT molecular complexity index is 235. The van der Waals surface area contributed by atoms with Gasteiger partial charge in [-0.05, 0) is 64.6 Å². The van der Waals surface area contributed by atoms with Gasteiger partial charge in [0.15, 0.2) is 0 Å². The fraction of sp³-hybridized carbons (Fsp3) is 0.933. The Kier molecular flexibility index (Phi) is 6.04. The summed E-state index contributed by atoms with van der Waals surface area (Å²) in [5, 5.41) is 0. The maximum atomic E-state index is 4.85. The summed E-state index contributed by atoms with van der Waals surface area (Å²) in [4.78, 5) is 7.53. The summed E-state index contributed by atoms with van der Waals surface area (Å²) in [6.07, 6.45) is 13.6. The number of nitrogens with zero attached hydrogens (tertiary/aromatic N) is 2. The third kappa shape index (κ3) is 5.20. The molecule has 0 aliphatic carbocycles. The predicted molar refractivity (Wildman–Crippen MR) is 74.9 cm³/mol. The van der Waals surface area contributed by atoms with Crippen molar-refractivity contribution in [3.63, 3.8) is 0 Å². The second-order valence-corrected chi connectivity index (χ2v) is 5.62. The van der Waals surface area contributed by atoms with Gasteiger partial charge in [0.1, 0.15) is 0 Å². The molecule has 17 heavy (non-hydrogen) atoms. The van der Waals surface area contributed by atoms with Crippen LogP contribution in [0.5, 0.6) is 0 Å². The van der Waals surface area contributed by atoms with Crippen LogP contribution in [0.2, 0.25) is 0 Å². The van der Waals surface area contributed by atoms with Gasteiger partial charge in [0.25, 0.3) is 0 Å². The summed E-state index contributed by atoms with van der Waals surface area (Å²) < 4.78 is 0. The third-order valence-corrected chi connectivity index (χ3v) is 4.10. The van der Waals surface area contributed by atoms with Crippen molar-refractivity contribution in [1.29, 1.82) is 0 Å². The summed E-state index contributed by atoms with van der Waals surface area (Å²) >= 11 is 0. The third-order valence-electron chi connectivity index (χ3n) is 4.10. The zero-order valence-electron chi connectivity index (χ0n) is 11.3. The summed E-state index contributed by atoms with van der Waals surface area (Å²) in [5.74, 6) is 0. The number of hydrogen-bond acceptors (Lipinski definition) is 2. The van der Waals surface area contributed by atoms with E-state index in [0.717, 1.165) is 6.54 Å². The Hall–Kier alpha value is -0.370. The summed E-state index contributed by atoms with van der Waals surface area (Å²) in [6, 6.07) is 0. The highest BCUT2D eigenvalue weighted by Crippen LogP contribution is 2.14. The summed E-state index contributed by atoms with van der Waals surface area (Å²) in [6.45, 7) is 5.01. The van der Waals surface area contributed by atoms with E-state index in [9.17, 15) is 0 Å². The lowest BCUT2D eigenvalue weighted by Crippen LogP contribution is -2.27. The van der Waals surface area contributed by atoms with Gasteiger partial charge >= 0.3 is 0 Å². The molecule has 0 saturated carbocycles. The van der Waals surface area contributed by atoms with E-state index in [4.69, 9.17) is 4.99 Å². The zero-order valence-corrected chi connectivity index (χ0v) is 11.3. The lowest BCUT2D eigenvalue weighted by molar-refractivity contribution is 0.260. The van der Waals surface area contributed by atoms with Gasteiger partial charge in [-0.25, -0.2) is 0 Å². The molecule has 98 valence electrons. The first-order chi connectivity index (χ1) is 8.45. The number of aliphatic imine (C=N–C) groups is 1. The van der Waals surface area contributed by atoms with Gasteiger partial charge in [-0.15, -0.1) is 0 Å². The van der Waals surface area contributed by atoms with Crippen molar-refractivity contribution >= 4 is 5.71 Å². The van der Waals surface area contributed by atoms with E-state index in [-0.39, 0.29) is 0 Å². The van der Waals surface area contributed by atoms with Crippen LogP contribution in [0.15, 0.2) is 4.99 Å². The molecule has 0 aromatic heterocycles. The fourth-order valence-electron chi connectivity index (χ4n) is 3.01. The smallest absolute Gasteiger partial charge is 0.0400 e. The second kappa shape index (κ2) is 7.86. The molecule has 0 N–H and O–H groups in total. The van der Waals surface area contributed by atoms with Gasteiger partial charge in [0.05, 0.1) is 0 Å². The molecule has 0 amide bonds. The minimum Gasteiger partial charge on any atom is -0.303 e. The van der Waals surface area contributed by atoms with Gasteiger partial charge in [-0.3, -0.25) is 4.99 Å². The minimum atomic E-state index is 1.08. The van der Waals surface area contributed by atoms with Crippen LogP contribution in [0.4, 0.5) is 0 Å². The van der Waals surface area contributed by atoms with Crippen molar-refractivity contribution in [3.8, 4) is 0 Å². The van der Waals surface area contributed by atoms with Crippen LogP contribution in [0.1, 0.15) is 64.2 Å². The predicted octanol–water partition coefficient (Wildman–Crippen LogP) is 3.66. The molecule has 0 aromatic rings. The molecule has 0 spiro atoms. The standard InChI is InChI=1S/C15H28N2/c1-2-6-12-17-13-7-3-5-10-15(9-4-1)16-11-8-14-17/h1-14H2. The van der Waals surface area contributed by atoms with Crippen molar-refractivity contribution < 1.29 is 0 Å². The molecule has 2 bridgehead atoms. The Morgan fingerprint density at radius 3 is 2.00 bits per heavy atom. The molecule has 2 nitrogen and oxygen atoms in total. The average Bonchev–Trinajstić information content (AvgIpc) is 2.35. The molecule has 2 aliphatic heterocycles. The van der Waals surface area contributed by atoms with Crippen LogP contribution < -0.4 is 0 Å². The van der Waals surface area contributed by atoms with E-state index in [1.165, 1.54) is 89.6 Å². The highest BCUT2D eigenvalue weighted by molar-refractivity contribution is 5.84. The second-order valence-electron chi connectivity index (χ2n) is 5.62. The normalized spacial score (nSPS) is 29.2. The molecule has 2 rings (SSSR count). The molecule has 1 atom stereocenters. The topological polar surface area (TPSA) is 15.6 Å². The molecule has 0 aromatic carbocycles. The van der Waals surface area contributed by atoms with Gasteiger partial charge in [0.2, 0.25) is 0 Å². The number of rotatable bonds is 0. The number of hydrogen-bond donors (Lipinski definition) is 0. The molecule has 2 aliphatic rings. The van der Waals surface area contributed by atoms with Crippen LogP contribution in [0, 0.1) is 0 Å². The highest BCUT2D eigenvalue weighted by Gasteiger charge is 2.08. The van der Waals surface area contributed by atoms with Crippen molar-refractivity contribution in [2.24, 2.45) is 4.99 Å². The van der Waals surface area contributed by atoms with E-state index < -0.39 is 0 Å². The van der Waals surface area contributed by atoms with Gasteiger partial charge < -0.3 is 4.90 Å². The van der Waals surface area contributed by atoms with E-state index in [0.29, 0.717) is 0 Å². The summed E-state index contributed by atoms with van der Waals surface area (Å²) in [7, 11) is 0. The molecule has 0 radical (unpaired) electrons. The molecule has 0 fully saturated rings. The Balaban J connectivity index is 1.97. The lowest BCUT2D eigenvalue weighted by atomic mass is 10.0. The van der Waals surface area contributed by atoms with E-state index in [1.807, 2.05) is 0 Å². The molecule has 2 heterocycles. The number of fused-ring (bicyclic) bond motifs is 4. The minimum absolute atomic E-state index is 1.08. The van der Waals surface area contributed by atoms with E-state index >= 15 is 0 Å². The maximum Gasteiger partial charge on any atom is 0.0400 e. The van der Waals surface area contributed by atoms with Crippen LogP contribution in [-0.4, -0.2) is 36.8 Å². The Morgan fingerprint density at radius 2 is 1.24 bits per heavy atom. The summed E-state index contributed by atoms with van der Waals surface area (Å²) in [5.41, 5.74) is 1.53. The largest absolute Gasteiger partial charge is 0.303 e. The van der Waals surface area contributed by atoms with Gasteiger partial charge in [-0.1, -0.05) is 19.3 Å². The molecule has 1 unspecified atom stereocenters. The van der Waals surface area contributed by atoms with E-state index in [2.05, 4.69) is 4.90 Å². The molecular weight excluding hydrogens is 208 g/mol. The van der Waals surface area contributed by atoms with Crippen LogP contribution >= 0.6 is 0 Å². The lowest BCUT2D eigenvalue weighted by Gasteiger charge is -2.21. The van der Waals surface area contributed by atoms with Gasteiger partial charge in [-0.2, -0.15) is 0 Å². The first kappa shape index (κ1) is 13.1. The zero-order chi connectivity index (χ0) is 11.8. The monoisotopic (exact) mass is 236 g/mol. The molecule has 2 heteroatoms. The molecule has 0 saturated heterocycles. The van der Waals surface area contributed by atoms with E-state index in [1.54, 1.807) is 0 Å². The quantitative estimate of drug-likeness (QED) is 0.627. The van der Waals surface area contributed by atoms with Crippen LogP contribution in [-0.2, 0) is 0 Å². The first-order valence-corrected chi connectivity index (χ1v) is 7.70. The van der Waals surface area contributed by atoms with Crippen molar-refractivity contribution in [3.05, 3.63) is 0 Å². The highest BCUT2D eigenvalue weighted by atomic mass is 15.1. The van der Waals surface area contributed by atoms with Crippen molar-refractivity contribution in [2.45, 2.75) is 64.2 Å². The van der Waals surface area contributed by atoms with Crippen LogP contribution in [0.25, 0.3) is 0 Å². The maximum absolute atomic E-state index is 4.85. The van der Waals surface area contributed by atoms with Crippen molar-refractivity contribution in [1.82, 2.24) is 4.90 Å². The Labute approximate surface area is 106 Å². The van der Waals surface area contributed by atoms with Crippen LogP contribution in [0.3, 0.4) is 0 Å². The Morgan fingerprint density at radius 1 is 0.647 bits per heavy atom. The first-order valence-electron chi connectivity index (χ1n) is 7.70.